The molecule has 2 aliphatic rings. The van der Waals surface area contributed by atoms with Crippen molar-refractivity contribution in [2.75, 3.05) is 22.7 Å². The van der Waals surface area contributed by atoms with Crippen LogP contribution in [0.1, 0.15) is 26.7 Å². The minimum absolute atomic E-state index is 0.0341. The number of carbonyl (C=O) groups is 1. The van der Waals surface area contributed by atoms with Gasteiger partial charge in [0.25, 0.3) is 10.0 Å². The minimum atomic E-state index is -4.86. The molecule has 40 heavy (non-hydrogen) atoms. The molecule has 220 valence electrons. The Morgan fingerprint density at radius 1 is 1.12 bits per heavy atom. The van der Waals surface area contributed by atoms with Crippen molar-refractivity contribution in [1.29, 1.82) is 0 Å². The third-order valence-corrected chi connectivity index (χ3v) is 10.1. The van der Waals surface area contributed by atoms with Crippen LogP contribution in [0.25, 0.3) is 0 Å². The lowest BCUT2D eigenvalue weighted by molar-refractivity contribution is -0.242. The Hall–Kier alpha value is -2.82. The van der Waals surface area contributed by atoms with E-state index in [1.54, 1.807) is 0 Å². The highest BCUT2D eigenvalue weighted by Crippen LogP contribution is 2.40. The molecule has 4 rings (SSSR count). The van der Waals surface area contributed by atoms with Crippen molar-refractivity contribution in [1.82, 2.24) is 4.72 Å². The minimum Gasteiger partial charge on any atom is -0.485 e. The van der Waals surface area contributed by atoms with Crippen LogP contribution >= 0.6 is 11.6 Å². The van der Waals surface area contributed by atoms with Gasteiger partial charge in [-0.05, 0) is 63.1 Å². The van der Waals surface area contributed by atoms with E-state index in [0.717, 1.165) is 28.6 Å². The molecule has 1 aliphatic carbocycles. The topological polar surface area (TPSA) is 131 Å². The second kappa shape index (κ2) is 10.5. The van der Waals surface area contributed by atoms with E-state index >= 15 is 0 Å². The van der Waals surface area contributed by atoms with Gasteiger partial charge in [-0.2, -0.15) is 13.2 Å². The fourth-order valence-corrected chi connectivity index (χ4v) is 6.81. The van der Waals surface area contributed by atoms with E-state index in [-0.39, 0.29) is 23.7 Å². The molecule has 0 saturated heterocycles. The molecule has 1 aliphatic heterocycles. The number of carbonyl (C=O) groups excluding carboxylic acids is 1. The van der Waals surface area contributed by atoms with Crippen molar-refractivity contribution in [3.63, 3.8) is 0 Å². The summed E-state index contributed by atoms with van der Waals surface area (Å²) in [7, 11) is -8.09. The lowest BCUT2D eigenvalue weighted by atomic mass is 10.1. The van der Waals surface area contributed by atoms with Crippen molar-refractivity contribution in [3.8, 4) is 5.75 Å². The van der Waals surface area contributed by atoms with Gasteiger partial charge >= 0.3 is 12.3 Å². The summed E-state index contributed by atoms with van der Waals surface area (Å²) in [6, 6.07) is 6.34. The maximum atomic E-state index is 13.7. The number of sulfonamides is 2. The van der Waals surface area contributed by atoms with Gasteiger partial charge in [0.1, 0.15) is 17.7 Å². The Morgan fingerprint density at radius 3 is 2.40 bits per heavy atom. The maximum Gasteiger partial charge on any atom is 0.427 e. The van der Waals surface area contributed by atoms with E-state index in [0.29, 0.717) is 26.7 Å². The maximum absolute atomic E-state index is 13.7. The summed E-state index contributed by atoms with van der Waals surface area (Å²) in [5.74, 6) is -0.893. The van der Waals surface area contributed by atoms with Crippen LogP contribution < -0.4 is 19.1 Å². The average molecular weight is 630 g/mol. The summed E-state index contributed by atoms with van der Waals surface area (Å²) < 4.78 is 118. The number of alkyl halides is 3. The first kappa shape index (κ1) is 30.1. The van der Waals surface area contributed by atoms with Crippen molar-refractivity contribution < 1.29 is 48.7 Å². The zero-order valence-corrected chi connectivity index (χ0v) is 23.3. The molecule has 17 heteroatoms. The van der Waals surface area contributed by atoms with Gasteiger partial charge in [0.2, 0.25) is 15.6 Å². The molecular formula is C23H24ClF4N3O7S2. The Kier molecular flexibility index (Phi) is 7.94. The number of hydrogen-bond donors (Lipinski definition) is 2. The van der Waals surface area contributed by atoms with Crippen molar-refractivity contribution >= 4 is 49.1 Å². The van der Waals surface area contributed by atoms with Gasteiger partial charge in [-0.25, -0.2) is 30.7 Å². The highest BCUT2D eigenvalue weighted by Gasteiger charge is 2.51. The Balaban J connectivity index is 1.65. The van der Waals surface area contributed by atoms with Crippen LogP contribution in [0.2, 0.25) is 5.02 Å². The summed E-state index contributed by atoms with van der Waals surface area (Å²) >= 11 is 5.79. The molecule has 2 aromatic rings. The first-order chi connectivity index (χ1) is 18.4. The smallest absolute Gasteiger partial charge is 0.427 e. The van der Waals surface area contributed by atoms with Gasteiger partial charge in [-0.15, -0.1) is 0 Å². The summed E-state index contributed by atoms with van der Waals surface area (Å²) in [5.41, 5.74) is -3.07. The number of halogens is 5. The van der Waals surface area contributed by atoms with Gasteiger partial charge in [0, 0.05) is 12.2 Å². The third-order valence-electron chi connectivity index (χ3n) is 6.12. The van der Waals surface area contributed by atoms with Gasteiger partial charge < -0.3 is 9.47 Å². The molecule has 0 spiro atoms. The number of anilines is 2. The molecule has 2 aromatic carbocycles. The van der Waals surface area contributed by atoms with Gasteiger partial charge in [-0.1, -0.05) is 11.6 Å². The largest absolute Gasteiger partial charge is 0.485 e. The number of rotatable bonds is 8. The van der Waals surface area contributed by atoms with Crippen LogP contribution in [0, 0.1) is 5.82 Å². The third kappa shape index (κ3) is 6.39. The van der Waals surface area contributed by atoms with Crippen LogP contribution in [-0.2, 0) is 24.8 Å². The Labute approximate surface area is 232 Å². The molecule has 1 fully saturated rings. The molecule has 2 N–H and O–H groups in total. The van der Waals surface area contributed by atoms with Gasteiger partial charge in [0.15, 0.2) is 0 Å². The number of nitrogens with zero attached hydrogens (tertiary/aromatic N) is 1. The van der Waals surface area contributed by atoms with Crippen molar-refractivity contribution in [2.45, 2.75) is 54.7 Å². The van der Waals surface area contributed by atoms with E-state index in [4.69, 9.17) is 16.3 Å². The van der Waals surface area contributed by atoms with E-state index < -0.39 is 71.6 Å². The van der Waals surface area contributed by atoms with Crippen LogP contribution in [0.15, 0.2) is 41.3 Å². The first-order valence-corrected chi connectivity index (χ1v) is 15.1. The monoisotopic (exact) mass is 629 g/mol. The molecule has 0 unspecified atom stereocenters. The van der Waals surface area contributed by atoms with Gasteiger partial charge in [-0.3, -0.25) is 9.62 Å². The van der Waals surface area contributed by atoms with Crippen LogP contribution in [0.4, 0.5) is 33.7 Å². The highest BCUT2D eigenvalue weighted by molar-refractivity contribution is 7.92. The molecule has 1 saturated carbocycles. The Morgan fingerprint density at radius 2 is 1.80 bits per heavy atom. The summed E-state index contributed by atoms with van der Waals surface area (Å²) in [5, 5.41) is 1.13. The fraction of sp³-hybridized carbons (Fsp3) is 0.435. The molecule has 0 radical (unpaired) electrons. The summed E-state index contributed by atoms with van der Waals surface area (Å²) in [4.78, 5) is 11.8. The number of hydrogen-bond acceptors (Lipinski definition) is 7. The lowest BCUT2D eigenvalue weighted by Gasteiger charge is -2.36. The number of amides is 1. The van der Waals surface area contributed by atoms with E-state index in [2.05, 4.69) is 14.8 Å². The zero-order valence-electron chi connectivity index (χ0n) is 21.0. The number of benzene rings is 2. The van der Waals surface area contributed by atoms with Gasteiger partial charge in [0.05, 0.1) is 27.4 Å². The molecule has 0 aromatic heterocycles. The molecule has 0 bridgehead atoms. The fourth-order valence-electron chi connectivity index (χ4n) is 3.63. The molecular weight excluding hydrogens is 606 g/mol. The average Bonchev–Trinajstić information content (AvgIpc) is 3.69. The van der Waals surface area contributed by atoms with Crippen LogP contribution in [0.3, 0.4) is 0 Å². The standard InChI is InChI=1S/C23H24ClF4N3O7S2/c1-22(2,23(26,27)28)38-21(32)30-13-3-8-20-19(9-13)31(40(35,36)16-6-7-18(25)17(24)10-16)12-14(37-20)11-29-39(33,34)15-4-5-15/h3,6-10,14-15,29H,4-5,11-12H2,1-2H3,(H,30,32)/t14-/m0/s1. The highest BCUT2D eigenvalue weighted by atomic mass is 35.5. The summed E-state index contributed by atoms with van der Waals surface area (Å²) in [6.07, 6.45) is -6.29. The second-order valence-electron chi connectivity index (χ2n) is 9.65. The lowest BCUT2D eigenvalue weighted by Crippen LogP contribution is -2.48. The first-order valence-electron chi connectivity index (χ1n) is 11.7. The number of nitrogens with one attached hydrogen (secondary N) is 2. The molecule has 10 nitrogen and oxygen atoms in total. The van der Waals surface area contributed by atoms with E-state index in [9.17, 15) is 39.2 Å². The van der Waals surface area contributed by atoms with Crippen molar-refractivity contribution in [2.24, 2.45) is 0 Å². The normalized spacial score (nSPS) is 18.1. The number of ether oxygens (including phenoxy) is 2. The zero-order chi connectivity index (χ0) is 29.7. The second-order valence-corrected chi connectivity index (χ2v) is 14.0. The van der Waals surface area contributed by atoms with Crippen LogP contribution in [-0.4, -0.2) is 59.1 Å². The predicted octanol–water partition coefficient (Wildman–Crippen LogP) is 4.41. The SMILES string of the molecule is CC(C)(OC(=O)Nc1ccc2c(c1)N(S(=O)(=O)c1ccc(F)c(Cl)c1)C[C@H](CNS(=O)(=O)C1CC1)O2)C(F)(F)F. The predicted molar refractivity (Wildman–Crippen MR) is 137 cm³/mol. The van der Waals surface area contributed by atoms with E-state index in [1.807, 2.05) is 0 Å². The molecule has 1 atom stereocenters. The summed E-state index contributed by atoms with van der Waals surface area (Å²) in [6.45, 7) is 0.639. The van der Waals surface area contributed by atoms with E-state index in [1.165, 1.54) is 12.1 Å². The molecule has 1 heterocycles. The van der Waals surface area contributed by atoms with Crippen molar-refractivity contribution in [3.05, 3.63) is 47.2 Å². The van der Waals surface area contributed by atoms with Crippen LogP contribution in [0.5, 0.6) is 5.75 Å². The Bertz CT molecular complexity index is 1530. The number of fused-ring (bicyclic) bond motifs is 1. The molecule has 1 amide bonds. The quantitative estimate of drug-likeness (QED) is 0.414.